The van der Waals surface area contributed by atoms with Crippen molar-refractivity contribution in [2.75, 3.05) is 18.0 Å². The molecule has 1 aromatic carbocycles. The van der Waals surface area contributed by atoms with E-state index in [1.165, 1.54) is 17.5 Å². The van der Waals surface area contributed by atoms with Crippen molar-refractivity contribution in [1.82, 2.24) is 15.0 Å². The first-order valence-corrected chi connectivity index (χ1v) is 9.10. The van der Waals surface area contributed by atoms with Crippen molar-refractivity contribution < 1.29 is 4.39 Å². The SMILES string of the molecule is Cc1cc(-c2cccnc2N2CCC(c3nc[nH]c3C)CC2)ccc1F. The van der Waals surface area contributed by atoms with E-state index in [4.69, 9.17) is 0 Å². The highest BCUT2D eigenvalue weighted by Gasteiger charge is 2.25. The lowest BCUT2D eigenvalue weighted by molar-refractivity contribution is 0.493. The van der Waals surface area contributed by atoms with Crippen molar-refractivity contribution in [2.24, 2.45) is 0 Å². The molecule has 1 saturated heterocycles. The van der Waals surface area contributed by atoms with Gasteiger partial charge in [0.05, 0.1) is 12.0 Å². The lowest BCUT2D eigenvalue weighted by atomic mass is 9.92. The van der Waals surface area contributed by atoms with Crippen molar-refractivity contribution in [3.63, 3.8) is 0 Å². The van der Waals surface area contributed by atoms with Crippen LogP contribution >= 0.6 is 0 Å². The number of anilines is 1. The van der Waals surface area contributed by atoms with Gasteiger partial charge in [0.2, 0.25) is 0 Å². The van der Waals surface area contributed by atoms with Gasteiger partial charge in [0, 0.05) is 36.5 Å². The minimum absolute atomic E-state index is 0.172. The molecule has 0 unspecified atom stereocenters. The average Bonchev–Trinajstić information content (AvgIpc) is 3.10. The van der Waals surface area contributed by atoms with E-state index in [0.717, 1.165) is 42.9 Å². The summed E-state index contributed by atoms with van der Waals surface area (Å²) in [5.41, 5.74) is 5.09. The van der Waals surface area contributed by atoms with Crippen LogP contribution in [0.3, 0.4) is 0 Å². The Kier molecular flexibility index (Phi) is 4.45. The number of pyridine rings is 1. The van der Waals surface area contributed by atoms with Gasteiger partial charge in [-0.2, -0.15) is 0 Å². The Morgan fingerprint density at radius 2 is 1.92 bits per heavy atom. The Hall–Kier alpha value is -2.69. The molecule has 0 amide bonds. The second-order valence-electron chi connectivity index (χ2n) is 7.01. The smallest absolute Gasteiger partial charge is 0.136 e. The van der Waals surface area contributed by atoms with Crippen LogP contribution < -0.4 is 4.90 Å². The molecule has 0 bridgehead atoms. The molecule has 2 aromatic heterocycles. The van der Waals surface area contributed by atoms with E-state index in [1.54, 1.807) is 13.3 Å². The summed E-state index contributed by atoms with van der Waals surface area (Å²) in [5, 5.41) is 0. The maximum absolute atomic E-state index is 13.6. The van der Waals surface area contributed by atoms with Gasteiger partial charge in [-0.05, 0) is 62.1 Å². The Bertz CT molecular complexity index is 910. The largest absolute Gasteiger partial charge is 0.356 e. The quantitative estimate of drug-likeness (QED) is 0.750. The Balaban J connectivity index is 1.58. The summed E-state index contributed by atoms with van der Waals surface area (Å²) >= 11 is 0. The fourth-order valence-corrected chi connectivity index (χ4v) is 3.83. The van der Waals surface area contributed by atoms with Crippen LogP contribution in [-0.4, -0.2) is 28.0 Å². The summed E-state index contributed by atoms with van der Waals surface area (Å²) in [6, 6.07) is 9.28. The van der Waals surface area contributed by atoms with Crippen molar-refractivity contribution in [1.29, 1.82) is 0 Å². The number of aromatic amines is 1. The van der Waals surface area contributed by atoms with Gasteiger partial charge in [-0.25, -0.2) is 14.4 Å². The van der Waals surface area contributed by atoms with E-state index in [-0.39, 0.29) is 5.82 Å². The molecule has 0 aliphatic carbocycles. The van der Waals surface area contributed by atoms with Crippen LogP contribution in [0.1, 0.15) is 35.7 Å². The monoisotopic (exact) mass is 350 g/mol. The zero-order chi connectivity index (χ0) is 18.1. The summed E-state index contributed by atoms with van der Waals surface area (Å²) in [6.07, 6.45) is 5.73. The molecule has 0 radical (unpaired) electrons. The molecule has 1 aliphatic heterocycles. The van der Waals surface area contributed by atoms with Crippen molar-refractivity contribution in [2.45, 2.75) is 32.6 Å². The topological polar surface area (TPSA) is 44.8 Å². The third-order valence-corrected chi connectivity index (χ3v) is 5.31. The molecule has 1 fully saturated rings. The number of hydrogen-bond acceptors (Lipinski definition) is 3. The van der Waals surface area contributed by atoms with Gasteiger partial charge in [-0.15, -0.1) is 0 Å². The average molecular weight is 350 g/mol. The van der Waals surface area contributed by atoms with Crippen LogP contribution in [0.5, 0.6) is 0 Å². The van der Waals surface area contributed by atoms with Gasteiger partial charge < -0.3 is 9.88 Å². The van der Waals surface area contributed by atoms with Crippen LogP contribution in [0.2, 0.25) is 0 Å². The van der Waals surface area contributed by atoms with Crippen LogP contribution in [0.4, 0.5) is 10.2 Å². The molecule has 5 heteroatoms. The molecule has 134 valence electrons. The fourth-order valence-electron chi connectivity index (χ4n) is 3.83. The molecule has 1 N–H and O–H groups in total. The minimum Gasteiger partial charge on any atom is -0.356 e. The molecule has 1 aliphatic rings. The number of nitrogens with zero attached hydrogens (tertiary/aromatic N) is 3. The Labute approximate surface area is 153 Å². The van der Waals surface area contributed by atoms with E-state index >= 15 is 0 Å². The first-order valence-electron chi connectivity index (χ1n) is 9.10. The Morgan fingerprint density at radius 1 is 1.12 bits per heavy atom. The number of hydrogen-bond donors (Lipinski definition) is 1. The molecule has 4 nitrogen and oxygen atoms in total. The number of piperidine rings is 1. The van der Waals surface area contributed by atoms with E-state index in [2.05, 4.69) is 32.8 Å². The maximum Gasteiger partial charge on any atom is 0.136 e. The predicted octanol–water partition coefficient (Wildman–Crippen LogP) is 4.61. The number of H-pyrrole nitrogens is 1. The van der Waals surface area contributed by atoms with E-state index < -0.39 is 0 Å². The molecule has 0 saturated carbocycles. The highest BCUT2D eigenvalue weighted by atomic mass is 19.1. The maximum atomic E-state index is 13.6. The lowest BCUT2D eigenvalue weighted by Gasteiger charge is -2.33. The number of rotatable bonds is 3. The minimum atomic E-state index is -0.172. The fraction of sp³-hybridized carbons (Fsp3) is 0.333. The third-order valence-electron chi connectivity index (χ3n) is 5.31. The van der Waals surface area contributed by atoms with Crippen molar-refractivity contribution in [3.8, 4) is 11.1 Å². The highest BCUT2D eigenvalue weighted by molar-refractivity contribution is 5.76. The van der Waals surface area contributed by atoms with Gasteiger partial charge in [0.25, 0.3) is 0 Å². The molecule has 3 aromatic rings. The summed E-state index contributed by atoms with van der Waals surface area (Å²) in [5.74, 6) is 1.31. The molecule has 26 heavy (non-hydrogen) atoms. The van der Waals surface area contributed by atoms with Crippen LogP contribution in [-0.2, 0) is 0 Å². The van der Waals surface area contributed by atoms with Crippen LogP contribution in [0, 0.1) is 19.7 Å². The van der Waals surface area contributed by atoms with Gasteiger partial charge in [0.15, 0.2) is 0 Å². The molecule has 4 rings (SSSR count). The number of benzene rings is 1. The molecule has 0 atom stereocenters. The number of halogens is 1. The predicted molar refractivity (Wildman–Crippen MR) is 102 cm³/mol. The van der Waals surface area contributed by atoms with Gasteiger partial charge in [0.1, 0.15) is 11.6 Å². The normalized spacial score (nSPS) is 15.4. The number of aromatic nitrogens is 3. The zero-order valence-corrected chi connectivity index (χ0v) is 15.2. The first-order chi connectivity index (χ1) is 12.6. The first kappa shape index (κ1) is 16.8. The van der Waals surface area contributed by atoms with Crippen molar-refractivity contribution in [3.05, 3.63) is 65.6 Å². The molecular formula is C21H23FN4. The van der Waals surface area contributed by atoms with E-state index in [1.807, 2.05) is 24.4 Å². The van der Waals surface area contributed by atoms with Gasteiger partial charge in [-0.3, -0.25) is 0 Å². The molecule has 0 spiro atoms. The van der Waals surface area contributed by atoms with Crippen LogP contribution in [0.15, 0.2) is 42.9 Å². The van der Waals surface area contributed by atoms with Crippen LogP contribution in [0.25, 0.3) is 11.1 Å². The molecule has 3 heterocycles. The Morgan fingerprint density at radius 3 is 2.62 bits per heavy atom. The number of nitrogens with one attached hydrogen (secondary N) is 1. The molecular weight excluding hydrogens is 327 g/mol. The third kappa shape index (κ3) is 3.09. The lowest BCUT2D eigenvalue weighted by Crippen LogP contribution is -2.34. The second-order valence-corrected chi connectivity index (χ2v) is 7.01. The number of imidazole rings is 1. The summed E-state index contributed by atoms with van der Waals surface area (Å²) in [6.45, 7) is 5.78. The standard InChI is InChI=1S/C21H23FN4/c1-14-12-17(5-6-19(14)22)18-4-3-9-23-21(18)26-10-7-16(8-11-26)20-15(2)24-13-25-20/h3-6,9,12-13,16H,7-8,10-11H2,1-2H3,(H,24,25). The number of aryl methyl sites for hydroxylation is 2. The van der Waals surface area contributed by atoms with Gasteiger partial charge >= 0.3 is 0 Å². The van der Waals surface area contributed by atoms with E-state index in [9.17, 15) is 4.39 Å². The highest BCUT2D eigenvalue weighted by Crippen LogP contribution is 2.34. The summed E-state index contributed by atoms with van der Waals surface area (Å²) in [4.78, 5) is 14.7. The summed E-state index contributed by atoms with van der Waals surface area (Å²) < 4.78 is 13.6. The van der Waals surface area contributed by atoms with Crippen molar-refractivity contribution >= 4 is 5.82 Å². The summed E-state index contributed by atoms with van der Waals surface area (Å²) in [7, 11) is 0. The van der Waals surface area contributed by atoms with Gasteiger partial charge in [-0.1, -0.05) is 6.07 Å². The second kappa shape index (κ2) is 6.90. The zero-order valence-electron chi connectivity index (χ0n) is 15.2. The van der Waals surface area contributed by atoms with E-state index in [0.29, 0.717) is 11.5 Å².